The average Bonchev–Trinajstić information content (AvgIpc) is 3.52. The molecule has 0 spiro atoms. The molecule has 4 aliphatic rings. The summed E-state index contributed by atoms with van der Waals surface area (Å²) in [5, 5.41) is 19.2. The number of benzene rings is 2. The van der Waals surface area contributed by atoms with Crippen LogP contribution in [0.2, 0.25) is 0 Å². The second-order valence-electron chi connectivity index (χ2n) is 14.7. The molecule has 0 saturated heterocycles. The molecule has 0 radical (unpaired) electrons. The molecule has 4 fully saturated rings. The van der Waals surface area contributed by atoms with Gasteiger partial charge >= 0.3 is 0 Å². The van der Waals surface area contributed by atoms with Gasteiger partial charge in [0.05, 0.1) is 43.3 Å². The fraction of sp³-hybridized carbons (Fsp3) is 0.553. The Morgan fingerprint density at radius 2 is 1.67 bits per heavy atom. The highest BCUT2D eigenvalue weighted by Gasteiger charge is 2.57. The lowest BCUT2D eigenvalue weighted by atomic mass is 9.48. The number of carbonyl (C=O) groups is 2. The quantitative estimate of drug-likeness (QED) is 0.220. The predicted octanol–water partition coefficient (Wildman–Crippen LogP) is 5.51. The molecule has 258 valence electrons. The topological polar surface area (TPSA) is 109 Å². The van der Waals surface area contributed by atoms with Gasteiger partial charge in [-0.25, -0.2) is 4.68 Å². The summed E-state index contributed by atoms with van der Waals surface area (Å²) in [6, 6.07) is 13.4. The highest BCUT2D eigenvalue weighted by molar-refractivity contribution is 5.95. The number of aromatic nitrogens is 2. The Bertz CT molecular complexity index is 1580. The van der Waals surface area contributed by atoms with E-state index in [9.17, 15) is 14.7 Å². The van der Waals surface area contributed by atoms with Crippen LogP contribution in [0.15, 0.2) is 42.5 Å². The van der Waals surface area contributed by atoms with Gasteiger partial charge < -0.3 is 29.7 Å². The molecule has 7 rings (SSSR count). The molecule has 10 nitrogen and oxygen atoms in total. The van der Waals surface area contributed by atoms with Crippen LogP contribution in [0.3, 0.4) is 0 Å². The van der Waals surface area contributed by atoms with Crippen molar-refractivity contribution in [2.45, 2.75) is 63.8 Å². The van der Waals surface area contributed by atoms with Crippen LogP contribution in [0.4, 0.5) is 5.69 Å². The number of ether oxygens (including phenoxy) is 2. The first-order valence-electron chi connectivity index (χ1n) is 17.4. The van der Waals surface area contributed by atoms with Crippen molar-refractivity contribution in [3.8, 4) is 28.4 Å². The number of aliphatic hydroxyl groups is 1. The first-order valence-corrected chi connectivity index (χ1v) is 17.4. The van der Waals surface area contributed by atoms with Crippen LogP contribution in [-0.4, -0.2) is 85.7 Å². The molecule has 2 aromatic carbocycles. The molecule has 48 heavy (non-hydrogen) atoms. The van der Waals surface area contributed by atoms with Gasteiger partial charge in [-0.2, -0.15) is 5.10 Å². The summed E-state index contributed by atoms with van der Waals surface area (Å²) < 4.78 is 13.4. The molecule has 0 atom stereocenters. The van der Waals surface area contributed by atoms with Crippen LogP contribution in [0.5, 0.6) is 11.5 Å². The fourth-order valence-corrected chi connectivity index (χ4v) is 8.94. The number of hydrogen-bond donors (Lipinski definition) is 2. The van der Waals surface area contributed by atoms with E-state index in [1.165, 1.54) is 6.42 Å². The van der Waals surface area contributed by atoms with Crippen molar-refractivity contribution in [3.63, 3.8) is 0 Å². The van der Waals surface area contributed by atoms with E-state index in [4.69, 9.17) is 14.6 Å². The van der Waals surface area contributed by atoms with E-state index >= 15 is 0 Å². The Morgan fingerprint density at radius 3 is 2.21 bits per heavy atom. The van der Waals surface area contributed by atoms with Gasteiger partial charge in [0.25, 0.3) is 5.91 Å². The number of rotatable bonds is 14. The van der Waals surface area contributed by atoms with E-state index in [0.29, 0.717) is 41.1 Å². The standard InChI is InChI=1S/C38H51N5O5/c1-24(2)30-20-29(42(23-45)14-8-13-41(3)4)11-12-32(30)43-33(36-34(47-5)9-7-10-35(36)48-6)21-31(40-43)37(46)39-38(22-44)27-16-25-15-26(18-27)19-28(38)17-25/h7,9-12,20-21,23-28,44H,8,13-19,22H2,1-6H3,(H,39,46). The second kappa shape index (κ2) is 13.9. The zero-order valence-electron chi connectivity index (χ0n) is 29.2. The fourth-order valence-electron chi connectivity index (χ4n) is 8.94. The predicted molar refractivity (Wildman–Crippen MR) is 187 cm³/mol. The minimum absolute atomic E-state index is 0.0673. The van der Waals surface area contributed by atoms with E-state index < -0.39 is 5.54 Å². The number of hydrogen-bond acceptors (Lipinski definition) is 7. The monoisotopic (exact) mass is 657 g/mol. The lowest BCUT2D eigenvalue weighted by Gasteiger charge is -2.60. The smallest absolute Gasteiger partial charge is 0.272 e. The van der Waals surface area contributed by atoms with Gasteiger partial charge in [0, 0.05) is 12.2 Å². The van der Waals surface area contributed by atoms with Gasteiger partial charge in [-0.1, -0.05) is 19.9 Å². The van der Waals surface area contributed by atoms with Crippen LogP contribution in [0.25, 0.3) is 16.9 Å². The number of nitrogens with zero attached hydrogens (tertiary/aromatic N) is 4. The number of carbonyl (C=O) groups excluding carboxylic acids is 2. The largest absolute Gasteiger partial charge is 0.496 e. The molecular formula is C38H51N5O5. The molecule has 0 aliphatic heterocycles. The van der Waals surface area contributed by atoms with Crippen LogP contribution in [0.1, 0.15) is 74.3 Å². The maximum atomic E-state index is 14.3. The van der Waals surface area contributed by atoms with Gasteiger partial charge in [0.2, 0.25) is 6.41 Å². The minimum atomic E-state index is -0.633. The maximum Gasteiger partial charge on any atom is 0.272 e. The van der Waals surface area contributed by atoms with Crippen molar-refractivity contribution in [2.75, 3.05) is 52.9 Å². The Morgan fingerprint density at radius 1 is 1.02 bits per heavy atom. The van der Waals surface area contributed by atoms with E-state index in [-0.39, 0.29) is 36.0 Å². The molecule has 4 aliphatic carbocycles. The first kappa shape index (κ1) is 34.0. The van der Waals surface area contributed by atoms with E-state index in [0.717, 1.165) is 62.0 Å². The molecule has 1 heterocycles. The molecule has 4 bridgehead atoms. The van der Waals surface area contributed by atoms with Crippen LogP contribution in [0, 0.1) is 23.7 Å². The third kappa shape index (κ3) is 6.20. The molecule has 3 aromatic rings. The third-order valence-corrected chi connectivity index (χ3v) is 11.2. The van der Waals surface area contributed by atoms with Gasteiger partial charge in [-0.05, 0) is 131 Å². The Kier molecular flexibility index (Phi) is 9.86. The summed E-state index contributed by atoms with van der Waals surface area (Å²) in [5.74, 6) is 2.92. The summed E-state index contributed by atoms with van der Waals surface area (Å²) >= 11 is 0. The molecule has 10 heteroatoms. The Balaban J connectivity index is 1.43. The van der Waals surface area contributed by atoms with E-state index in [1.54, 1.807) is 29.9 Å². The van der Waals surface area contributed by atoms with Crippen molar-refractivity contribution in [2.24, 2.45) is 23.7 Å². The van der Waals surface area contributed by atoms with Crippen molar-refractivity contribution < 1.29 is 24.2 Å². The van der Waals surface area contributed by atoms with Gasteiger partial charge in [-0.15, -0.1) is 0 Å². The Hall–Kier alpha value is -3.89. The zero-order valence-corrected chi connectivity index (χ0v) is 29.2. The lowest BCUT2D eigenvalue weighted by Crippen LogP contribution is -2.68. The number of methoxy groups -OCH3 is 2. The summed E-state index contributed by atoms with van der Waals surface area (Å²) in [4.78, 5) is 30.3. The molecule has 4 saturated carbocycles. The average molecular weight is 658 g/mol. The SMILES string of the molecule is COc1cccc(OC)c1-c1cc(C(=O)NC2(CO)C3CC4CC(C3)CC2C4)nn1-c1ccc(N(C=O)CCCN(C)C)cc1C(C)C. The summed E-state index contributed by atoms with van der Waals surface area (Å²) in [6.45, 7) is 5.63. The number of aliphatic hydroxyl groups excluding tert-OH is 1. The molecule has 0 unspecified atom stereocenters. The summed E-state index contributed by atoms with van der Waals surface area (Å²) in [7, 11) is 7.28. The number of nitrogens with one attached hydrogen (secondary N) is 1. The van der Waals surface area contributed by atoms with Crippen LogP contribution >= 0.6 is 0 Å². The van der Waals surface area contributed by atoms with Gasteiger partial charge in [0.1, 0.15) is 11.5 Å². The molecule has 2 amide bonds. The normalized spacial score (nSPS) is 24.3. The second-order valence-corrected chi connectivity index (χ2v) is 14.7. The highest BCUT2D eigenvalue weighted by Crippen LogP contribution is 2.58. The van der Waals surface area contributed by atoms with E-state index in [2.05, 4.69) is 24.1 Å². The van der Waals surface area contributed by atoms with Crippen LogP contribution in [-0.2, 0) is 4.79 Å². The summed E-state index contributed by atoms with van der Waals surface area (Å²) in [6.07, 6.45) is 7.25. The Labute approximate surface area is 284 Å². The third-order valence-electron chi connectivity index (χ3n) is 11.2. The van der Waals surface area contributed by atoms with Crippen molar-refractivity contribution >= 4 is 18.0 Å². The van der Waals surface area contributed by atoms with Crippen molar-refractivity contribution in [1.29, 1.82) is 0 Å². The highest BCUT2D eigenvalue weighted by atomic mass is 16.5. The van der Waals surface area contributed by atoms with Crippen LogP contribution < -0.4 is 19.7 Å². The van der Waals surface area contributed by atoms with Gasteiger partial charge in [-0.3, -0.25) is 9.59 Å². The summed E-state index contributed by atoms with van der Waals surface area (Å²) in [5.41, 5.74) is 3.53. The van der Waals surface area contributed by atoms with E-state index in [1.807, 2.05) is 50.5 Å². The molecule has 1 aromatic heterocycles. The van der Waals surface area contributed by atoms with Crippen molar-refractivity contribution in [1.82, 2.24) is 20.0 Å². The van der Waals surface area contributed by atoms with Crippen molar-refractivity contribution in [3.05, 3.63) is 53.7 Å². The zero-order chi connectivity index (χ0) is 34.2. The lowest BCUT2D eigenvalue weighted by molar-refractivity contribution is -0.107. The maximum absolute atomic E-state index is 14.3. The first-order chi connectivity index (χ1) is 23.1. The molecular weight excluding hydrogens is 606 g/mol. The van der Waals surface area contributed by atoms with Gasteiger partial charge in [0.15, 0.2) is 5.69 Å². The molecule has 2 N–H and O–H groups in total. The number of amides is 2. The minimum Gasteiger partial charge on any atom is -0.496 e. The number of anilines is 1.